The van der Waals surface area contributed by atoms with Crippen LogP contribution in [0.2, 0.25) is 0 Å². The molecule has 4 aromatic heterocycles. The molecule has 0 saturated carbocycles. The lowest BCUT2D eigenvalue weighted by Crippen LogP contribution is -2.02. The largest absolute Gasteiger partial charge is 0.455 e. The van der Waals surface area contributed by atoms with Crippen molar-refractivity contribution in [3.8, 4) is 51.0 Å². The zero-order valence-corrected chi connectivity index (χ0v) is 30.8. The molecule has 266 valence electrons. The Balaban J connectivity index is 1.20. The second-order valence-electron chi connectivity index (χ2n) is 13.9. The molecule has 0 aliphatic heterocycles. The van der Waals surface area contributed by atoms with Crippen molar-refractivity contribution < 1.29 is 12.6 Å². The summed E-state index contributed by atoms with van der Waals surface area (Å²) in [5.74, 6) is 1.22. The number of hydrogen-bond donors (Lipinski definition) is 0. The minimum Gasteiger partial charge on any atom is -0.455 e. The Morgan fingerprint density at radius 2 is 1.12 bits per heavy atom. The number of furan rings is 1. The van der Waals surface area contributed by atoms with Crippen LogP contribution in [-0.2, 0) is 0 Å². The summed E-state index contributed by atoms with van der Waals surface area (Å²) >= 11 is 1.68. The second kappa shape index (κ2) is 12.6. The highest BCUT2D eigenvalue weighted by Gasteiger charge is 2.22. The summed E-state index contributed by atoms with van der Waals surface area (Å²) in [6.07, 6.45) is 0. The van der Waals surface area contributed by atoms with E-state index in [1.807, 2.05) is 109 Å². The molecule has 0 bridgehead atoms. The molecule has 5 nitrogen and oxygen atoms in total. The summed E-state index contributed by atoms with van der Waals surface area (Å²) < 4.78 is 64.6. The molecule has 8 aromatic carbocycles. The zero-order valence-electron chi connectivity index (χ0n) is 36.0. The monoisotopic (exact) mass is 752 g/mol. The topological polar surface area (TPSA) is 56.7 Å². The molecule has 12 rings (SSSR count). The highest BCUT2D eigenvalue weighted by atomic mass is 32.1. The van der Waals surface area contributed by atoms with Crippen LogP contribution in [0.5, 0.6) is 0 Å². The predicted molar refractivity (Wildman–Crippen MR) is 236 cm³/mol. The van der Waals surface area contributed by atoms with Gasteiger partial charge in [0, 0.05) is 64.0 Å². The number of para-hydroxylation sites is 4. The van der Waals surface area contributed by atoms with Crippen LogP contribution in [-0.4, -0.2) is 19.5 Å². The van der Waals surface area contributed by atoms with E-state index < -0.39 is 0 Å². The highest BCUT2D eigenvalue weighted by molar-refractivity contribution is 7.26. The van der Waals surface area contributed by atoms with Gasteiger partial charge >= 0.3 is 0 Å². The van der Waals surface area contributed by atoms with E-state index in [0.29, 0.717) is 39.9 Å². The van der Waals surface area contributed by atoms with Gasteiger partial charge in [-0.25, -0.2) is 15.0 Å². The first-order valence-electron chi connectivity index (χ1n) is 21.5. The molecule has 57 heavy (non-hydrogen) atoms. The quantitative estimate of drug-likeness (QED) is 0.176. The lowest BCUT2D eigenvalue weighted by atomic mass is 9.98. The first kappa shape index (κ1) is 26.4. The van der Waals surface area contributed by atoms with E-state index in [1.165, 1.54) is 12.1 Å². The predicted octanol–water partition coefficient (Wildman–Crippen LogP) is 13.9. The van der Waals surface area contributed by atoms with Crippen LogP contribution in [0.3, 0.4) is 0 Å². The standard InChI is InChI=1S/C51H30N4OS/c1-2-14-31(15-3-1)49-52-50(54-51(53-49)41-23-12-20-38-36-18-6-10-26-45(36)56-47(38)41)32-28-29-35(39-21-13-22-40-37-19-7-11-27-46(37)57-48(39)40)44(30-32)55-42-24-8-4-16-33(42)34-17-5-9-25-43(34)55/h1-30H/i4D,5D,16D,17D,24D,25D. The van der Waals surface area contributed by atoms with Crippen LogP contribution in [0.1, 0.15) is 8.22 Å². The van der Waals surface area contributed by atoms with Crippen molar-refractivity contribution in [1.29, 1.82) is 0 Å². The van der Waals surface area contributed by atoms with Crippen molar-refractivity contribution in [3.05, 3.63) is 182 Å². The number of hydrogen-bond acceptors (Lipinski definition) is 5. The van der Waals surface area contributed by atoms with Crippen LogP contribution >= 0.6 is 11.3 Å². The number of fused-ring (bicyclic) bond motifs is 9. The number of thiophene rings is 1. The molecule has 0 spiro atoms. The minimum absolute atomic E-state index is 0.0447. The lowest BCUT2D eigenvalue weighted by molar-refractivity contribution is 0.669. The fourth-order valence-electron chi connectivity index (χ4n) is 8.06. The maximum atomic E-state index is 9.34. The molecule has 4 heterocycles. The first-order valence-corrected chi connectivity index (χ1v) is 19.3. The van der Waals surface area contributed by atoms with E-state index in [-0.39, 0.29) is 58.1 Å². The van der Waals surface area contributed by atoms with Crippen LogP contribution in [0.25, 0.3) is 115 Å². The van der Waals surface area contributed by atoms with Crippen molar-refractivity contribution in [2.75, 3.05) is 0 Å². The molecule has 0 radical (unpaired) electrons. The van der Waals surface area contributed by atoms with Crippen molar-refractivity contribution in [2.24, 2.45) is 0 Å². The average molecular weight is 753 g/mol. The fourth-order valence-corrected chi connectivity index (χ4v) is 9.29. The molecule has 0 aliphatic rings. The van der Waals surface area contributed by atoms with Gasteiger partial charge in [-0.1, -0.05) is 145 Å². The average Bonchev–Trinajstić information content (AvgIpc) is 4.01. The molecule has 0 aliphatic carbocycles. The van der Waals surface area contributed by atoms with E-state index in [2.05, 4.69) is 24.3 Å². The summed E-state index contributed by atoms with van der Waals surface area (Å²) in [5.41, 5.74) is 6.24. The Hall–Kier alpha value is -7.41. The fraction of sp³-hybridized carbons (Fsp3) is 0. The first-order chi connectivity index (χ1) is 30.7. The SMILES string of the molecule is [2H]c1cc([2H])c2c(c1[2H])c1c([2H])c([2H])cc([2H])c1n2-c1cc(-c2nc(-c3ccccc3)nc(-c3cccc4c3oc3ccccc34)n2)ccc1-c1cccc2c1sc1ccccc12. The lowest BCUT2D eigenvalue weighted by Gasteiger charge is -2.17. The Morgan fingerprint density at radius 3 is 1.93 bits per heavy atom. The summed E-state index contributed by atoms with van der Waals surface area (Å²) in [6, 6.07) is 45.8. The van der Waals surface area contributed by atoms with Crippen LogP contribution in [0.4, 0.5) is 0 Å². The Kier molecular flexibility index (Phi) is 5.82. The van der Waals surface area contributed by atoms with Gasteiger partial charge < -0.3 is 8.98 Å². The molecule has 0 N–H and O–H groups in total. The maximum Gasteiger partial charge on any atom is 0.167 e. The summed E-state index contributed by atoms with van der Waals surface area (Å²) in [4.78, 5) is 15.3. The van der Waals surface area contributed by atoms with Crippen LogP contribution < -0.4 is 0 Å². The second-order valence-corrected chi connectivity index (χ2v) is 14.9. The third-order valence-electron chi connectivity index (χ3n) is 10.6. The molecule has 0 saturated heterocycles. The summed E-state index contributed by atoms with van der Waals surface area (Å²) in [5, 5.41) is 4.49. The smallest absolute Gasteiger partial charge is 0.167 e. The number of rotatable bonds is 5. The highest BCUT2D eigenvalue weighted by Crippen LogP contribution is 2.44. The molecule has 0 atom stereocenters. The van der Waals surface area contributed by atoms with Crippen LogP contribution in [0, 0.1) is 0 Å². The van der Waals surface area contributed by atoms with E-state index in [1.54, 1.807) is 15.9 Å². The third-order valence-corrected chi connectivity index (χ3v) is 11.9. The number of aromatic nitrogens is 4. The van der Waals surface area contributed by atoms with Gasteiger partial charge in [-0.05, 0) is 36.4 Å². The Labute approximate surface area is 339 Å². The molecule has 12 aromatic rings. The minimum atomic E-state index is -0.179. The van der Waals surface area contributed by atoms with Gasteiger partial charge in [-0.15, -0.1) is 11.3 Å². The number of benzene rings is 8. The molecular formula is C51H30N4OS. The molecule has 0 amide bonds. The maximum absolute atomic E-state index is 9.34. The van der Waals surface area contributed by atoms with Gasteiger partial charge in [0.2, 0.25) is 0 Å². The molecule has 6 heteroatoms. The molecule has 0 unspecified atom stereocenters. The summed E-state index contributed by atoms with van der Waals surface area (Å²) in [7, 11) is 0. The van der Waals surface area contributed by atoms with Gasteiger partial charge in [0.05, 0.1) is 30.5 Å². The van der Waals surface area contributed by atoms with Gasteiger partial charge in [0.25, 0.3) is 0 Å². The normalized spacial score (nSPS) is 13.3. The van der Waals surface area contributed by atoms with Crippen molar-refractivity contribution >= 4 is 75.3 Å². The van der Waals surface area contributed by atoms with Gasteiger partial charge in [-0.2, -0.15) is 0 Å². The van der Waals surface area contributed by atoms with Gasteiger partial charge in [0.1, 0.15) is 11.2 Å². The van der Waals surface area contributed by atoms with E-state index in [4.69, 9.17) is 24.9 Å². The van der Waals surface area contributed by atoms with E-state index in [9.17, 15) is 2.74 Å². The molecule has 0 fully saturated rings. The van der Waals surface area contributed by atoms with E-state index in [0.717, 1.165) is 53.2 Å². The van der Waals surface area contributed by atoms with Crippen molar-refractivity contribution in [1.82, 2.24) is 19.5 Å². The van der Waals surface area contributed by atoms with Gasteiger partial charge in [-0.3, -0.25) is 0 Å². The third kappa shape index (κ3) is 4.98. The summed E-state index contributed by atoms with van der Waals surface area (Å²) in [6.45, 7) is 0. The molecular weight excluding hydrogens is 717 g/mol. The Morgan fingerprint density at radius 1 is 0.474 bits per heavy atom. The zero-order chi connectivity index (χ0) is 42.7. The van der Waals surface area contributed by atoms with E-state index >= 15 is 0 Å². The number of nitrogens with zero attached hydrogens (tertiary/aromatic N) is 4. The van der Waals surface area contributed by atoms with Crippen molar-refractivity contribution in [2.45, 2.75) is 0 Å². The van der Waals surface area contributed by atoms with Gasteiger partial charge in [0.15, 0.2) is 17.5 Å². The van der Waals surface area contributed by atoms with Crippen LogP contribution in [0.15, 0.2) is 186 Å². The van der Waals surface area contributed by atoms with Crippen molar-refractivity contribution in [3.63, 3.8) is 0 Å². The Bertz CT molecular complexity index is 3830.